The Balaban J connectivity index is 1.58. The van der Waals surface area contributed by atoms with Crippen molar-refractivity contribution < 1.29 is 14.1 Å². The lowest BCUT2D eigenvalue weighted by molar-refractivity contribution is -0.129. The second-order valence-corrected chi connectivity index (χ2v) is 6.86. The molecule has 0 bridgehead atoms. The number of nitrogens with zero attached hydrogens (tertiary/aromatic N) is 2. The summed E-state index contributed by atoms with van der Waals surface area (Å²) in [6.45, 7) is 5.83. The van der Waals surface area contributed by atoms with Crippen LogP contribution in [-0.4, -0.2) is 28.3 Å². The number of carbonyl (C=O) groups is 1. The number of anilines is 1. The molecule has 1 N–H and O–H groups in total. The Labute approximate surface area is 148 Å². The van der Waals surface area contributed by atoms with Crippen LogP contribution in [0.1, 0.15) is 58.2 Å². The zero-order valence-corrected chi connectivity index (χ0v) is 15.0. The lowest BCUT2D eigenvalue weighted by Crippen LogP contribution is -2.30. The number of amides is 1. The van der Waals surface area contributed by atoms with Crippen molar-refractivity contribution in [1.82, 2.24) is 10.1 Å². The number of benzene rings is 1. The van der Waals surface area contributed by atoms with Gasteiger partial charge in [0.05, 0.1) is 6.10 Å². The molecule has 3 rings (SSSR count). The van der Waals surface area contributed by atoms with E-state index in [4.69, 9.17) is 9.26 Å². The topological polar surface area (TPSA) is 77.2 Å². The van der Waals surface area contributed by atoms with Crippen LogP contribution in [0.3, 0.4) is 0 Å². The minimum absolute atomic E-state index is 0.125. The number of rotatable bonds is 6. The minimum Gasteiger partial charge on any atom is -0.365 e. The average molecular weight is 343 g/mol. The van der Waals surface area contributed by atoms with Gasteiger partial charge in [0.1, 0.15) is 6.10 Å². The van der Waals surface area contributed by atoms with Crippen LogP contribution < -0.4 is 5.32 Å². The maximum Gasteiger partial charge on any atom is 0.257 e. The molecule has 1 fully saturated rings. The molecule has 1 aliphatic rings. The molecule has 0 spiro atoms. The van der Waals surface area contributed by atoms with Gasteiger partial charge < -0.3 is 14.6 Å². The van der Waals surface area contributed by atoms with E-state index in [9.17, 15) is 4.79 Å². The molecule has 1 aromatic carbocycles. The molecule has 1 saturated carbocycles. The van der Waals surface area contributed by atoms with Gasteiger partial charge in [-0.25, -0.2) is 0 Å². The Hall–Kier alpha value is -2.21. The molecule has 6 nitrogen and oxygen atoms in total. The fourth-order valence-electron chi connectivity index (χ4n) is 2.90. The van der Waals surface area contributed by atoms with E-state index < -0.39 is 6.10 Å². The first-order chi connectivity index (χ1) is 12.0. The van der Waals surface area contributed by atoms with Crippen molar-refractivity contribution in [1.29, 1.82) is 0 Å². The van der Waals surface area contributed by atoms with Crippen molar-refractivity contribution in [3.05, 3.63) is 30.1 Å². The highest BCUT2D eigenvalue weighted by Crippen LogP contribution is 2.24. The summed E-state index contributed by atoms with van der Waals surface area (Å²) in [6.07, 6.45) is 4.25. The molecule has 134 valence electrons. The number of ether oxygens (including phenoxy) is 1. The van der Waals surface area contributed by atoms with Gasteiger partial charge in [-0.1, -0.05) is 31.8 Å². The molecule has 1 aliphatic carbocycles. The molecule has 0 aliphatic heterocycles. The molecule has 1 atom stereocenters. The largest absolute Gasteiger partial charge is 0.365 e. The first kappa shape index (κ1) is 17.6. The SMILES string of the molecule is CC(C)c1noc(-c2ccc(NC(=O)[C@@H](C)OC3CCCC3)cc2)n1. The van der Waals surface area contributed by atoms with Gasteiger partial charge in [0, 0.05) is 17.2 Å². The predicted molar refractivity (Wildman–Crippen MR) is 95.3 cm³/mol. The quantitative estimate of drug-likeness (QED) is 0.852. The van der Waals surface area contributed by atoms with Crippen LogP contribution in [0.15, 0.2) is 28.8 Å². The lowest BCUT2D eigenvalue weighted by atomic mass is 10.2. The summed E-state index contributed by atoms with van der Waals surface area (Å²) in [6, 6.07) is 7.37. The maximum atomic E-state index is 12.3. The fraction of sp³-hybridized carbons (Fsp3) is 0.526. The van der Waals surface area contributed by atoms with E-state index in [0.29, 0.717) is 11.7 Å². The van der Waals surface area contributed by atoms with Crippen LogP contribution in [0.2, 0.25) is 0 Å². The molecule has 6 heteroatoms. The summed E-state index contributed by atoms with van der Waals surface area (Å²) in [5, 5.41) is 6.85. The van der Waals surface area contributed by atoms with Gasteiger partial charge in [-0.2, -0.15) is 4.98 Å². The first-order valence-electron chi connectivity index (χ1n) is 8.93. The summed E-state index contributed by atoms with van der Waals surface area (Å²) in [5.41, 5.74) is 1.55. The van der Waals surface area contributed by atoms with Gasteiger partial charge in [-0.15, -0.1) is 0 Å². The van der Waals surface area contributed by atoms with Crippen LogP contribution in [0.5, 0.6) is 0 Å². The molecule has 1 heterocycles. The van der Waals surface area contributed by atoms with Gasteiger partial charge in [-0.05, 0) is 44.0 Å². The molecular weight excluding hydrogens is 318 g/mol. The zero-order valence-electron chi connectivity index (χ0n) is 15.0. The number of hydrogen-bond donors (Lipinski definition) is 1. The van der Waals surface area contributed by atoms with Crippen LogP contribution in [0, 0.1) is 0 Å². The monoisotopic (exact) mass is 343 g/mol. The number of aromatic nitrogens is 2. The van der Waals surface area contributed by atoms with Crippen LogP contribution in [0.25, 0.3) is 11.5 Å². The maximum absolute atomic E-state index is 12.3. The van der Waals surface area contributed by atoms with Gasteiger partial charge in [0.25, 0.3) is 11.8 Å². The first-order valence-corrected chi connectivity index (χ1v) is 8.93. The molecule has 25 heavy (non-hydrogen) atoms. The molecule has 1 amide bonds. The van der Waals surface area contributed by atoms with E-state index in [1.54, 1.807) is 6.92 Å². The van der Waals surface area contributed by atoms with Crippen molar-refractivity contribution in [2.24, 2.45) is 0 Å². The summed E-state index contributed by atoms with van der Waals surface area (Å²) in [5.74, 6) is 1.27. The molecule has 0 saturated heterocycles. The highest BCUT2D eigenvalue weighted by molar-refractivity contribution is 5.94. The van der Waals surface area contributed by atoms with Crippen molar-refractivity contribution >= 4 is 11.6 Å². The van der Waals surface area contributed by atoms with Crippen molar-refractivity contribution in [3.8, 4) is 11.5 Å². The van der Waals surface area contributed by atoms with E-state index >= 15 is 0 Å². The van der Waals surface area contributed by atoms with E-state index in [1.165, 1.54) is 12.8 Å². The smallest absolute Gasteiger partial charge is 0.257 e. The second-order valence-electron chi connectivity index (χ2n) is 6.86. The Morgan fingerprint density at radius 3 is 2.48 bits per heavy atom. The average Bonchev–Trinajstić information content (AvgIpc) is 3.27. The van der Waals surface area contributed by atoms with E-state index in [1.807, 2.05) is 38.1 Å². The Morgan fingerprint density at radius 2 is 1.88 bits per heavy atom. The van der Waals surface area contributed by atoms with Crippen molar-refractivity contribution in [3.63, 3.8) is 0 Å². The normalized spacial score (nSPS) is 16.3. The molecule has 1 aromatic heterocycles. The summed E-state index contributed by atoms with van der Waals surface area (Å²) >= 11 is 0. The molecular formula is C19H25N3O3. The summed E-state index contributed by atoms with van der Waals surface area (Å²) in [7, 11) is 0. The predicted octanol–water partition coefficient (Wildman–Crippen LogP) is 4.15. The number of carbonyl (C=O) groups excluding carboxylic acids is 1. The third kappa shape index (κ3) is 4.45. The molecule has 0 unspecified atom stereocenters. The zero-order chi connectivity index (χ0) is 17.8. The van der Waals surface area contributed by atoms with Crippen LogP contribution in [0.4, 0.5) is 5.69 Å². The van der Waals surface area contributed by atoms with Crippen LogP contribution in [-0.2, 0) is 9.53 Å². The number of nitrogens with one attached hydrogen (secondary N) is 1. The van der Waals surface area contributed by atoms with Gasteiger partial charge in [0.2, 0.25) is 0 Å². The van der Waals surface area contributed by atoms with Gasteiger partial charge >= 0.3 is 0 Å². The van der Waals surface area contributed by atoms with Crippen molar-refractivity contribution in [2.45, 2.75) is 64.6 Å². The highest BCUT2D eigenvalue weighted by Gasteiger charge is 2.22. The van der Waals surface area contributed by atoms with Gasteiger partial charge in [-0.3, -0.25) is 4.79 Å². The fourth-order valence-corrected chi connectivity index (χ4v) is 2.90. The Kier molecular flexibility index (Phi) is 5.48. The third-order valence-corrected chi connectivity index (χ3v) is 4.43. The molecule has 0 radical (unpaired) electrons. The molecule has 2 aromatic rings. The number of hydrogen-bond acceptors (Lipinski definition) is 5. The Bertz CT molecular complexity index is 703. The summed E-state index contributed by atoms with van der Waals surface area (Å²) in [4.78, 5) is 16.6. The van der Waals surface area contributed by atoms with Crippen molar-refractivity contribution in [2.75, 3.05) is 5.32 Å². The Morgan fingerprint density at radius 1 is 1.20 bits per heavy atom. The van der Waals surface area contributed by atoms with Crippen LogP contribution >= 0.6 is 0 Å². The summed E-state index contributed by atoms with van der Waals surface area (Å²) < 4.78 is 11.1. The lowest BCUT2D eigenvalue weighted by Gasteiger charge is -2.18. The minimum atomic E-state index is -0.452. The van der Waals surface area contributed by atoms with E-state index in [0.717, 1.165) is 24.1 Å². The van der Waals surface area contributed by atoms with E-state index in [2.05, 4.69) is 15.5 Å². The van der Waals surface area contributed by atoms with Gasteiger partial charge in [0.15, 0.2) is 5.82 Å². The standard InChI is InChI=1S/C19H25N3O3/c1-12(2)17-21-19(25-22-17)14-8-10-15(11-9-14)20-18(23)13(3)24-16-6-4-5-7-16/h8-13,16H,4-7H2,1-3H3,(H,20,23)/t13-/m1/s1. The highest BCUT2D eigenvalue weighted by atomic mass is 16.5. The second kappa shape index (κ2) is 7.78. The van der Waals surface area contributed by atoms with E-state index in [-0.39, 0.29) is 17.9 Å². The third-order valence-electron chi connectivity index (χ3n) is 4.43.